The average molecular weight is 282 g/mol. The number of halogens is 1. The molecule has 0 amide bonds. The van der Waals surface area contributed by atoms with E-state index < -0.39 is 0 Å². The molecule has 1 aromatic heterocycles. The molecule has 106 valence electrons. The van der Waals surface area contributed by atoms with Crippen LogP contribution in [0.3, 0.4) is 0 Å². The molecule has 0 aliphatic heterocycles. The lowest BCUT2D eigenvalue weighted by atomic mass is 9.96. The normalized spacial score (nSPS) is 15.9. The summed E-state index contributed by atoms with van der Waals surface area (Å²) in [4.78, 5) is 8.84. The zero-order valence-corrected chi connectivity index (χ0v) is 12.5. The van der Waals surface area contributed by atoms with Gasteiger partial charge >= 0.3 is 0 Å². The van der Waals surface area contributed by atoms with Crippen LogP contribution in [-0.2, 0) is 12.8 Å². The zero-order valence-electron chi connectivity index (χ0n) is 11.8. The first-order valence-electron chi connectivity index (χ1n) is 7.47. The highest BCUT2D eigenvalue weighted by molar-refractivity contribution is 6.17. The monoisotopic (exact) mass is 281 g/mol. The van der Waals surface area contributed by atoms with Crippen LogP contribution in [0.2, 0.25) is 0 Å². The molecule has 0 bridgehead atoms. The summed E-state index contributed by atoms with van der Waals surface area (Å²) >= 11 is 5.88. The molecule has 2 rings (SSSR count). The Labute approximate surface area is 121 Å². The maximum absolute atomic E-state index is 5.88. The van der Waals surface area contributed by atoms with E-state index in [9.17, 15) is 0 Å². The summed E-state index contributed by atoms with van der Waals surface area (Å²) in [5.41, 5.74) is 2.59. The van der Waals surface area contributed by atoms with E-state index in [-0.39, 0.29) is 0 Å². The fourth-order valence-electron chi connectivity index (χ4n) is 2.83. The van der Waals surface area contributed by atoms with E-state index in [1.165, 1.54) is 36.9 Å². The molecule has 0 saturated heterocycles. The van der Waals surface area contributed by atoms with Crippen molar-refractivity contribution in [2.45, 2.75) is 51.9 Å². The summed E-state index contributed by atoms with van der Waals surface area (Å²) in [6.45, 7) is 3.21. The molecule has 0 aromatic carbocycles. The molecule has 1 N–H and O–H groups in total. The predicted octanol–water partition coefficient (Wildman–Crippen LogP) is 3.81. The van der Waals surface area contributed by atoms with Crippen LogP contribution in [0.25, 0.3) is 0 Å². The Hall–Kier alpha value is -0.830. The second-order valence-corrected chi connectivity index (χ2v) is 5.75. The van der Waals surface area contributed by atoms with Crippen LogP contribution < -0.4 is 5.32 Å². The third-order valence-corrected chi connectivity index (χ3v) is 4.12. The van der Waals surface area contributed by atoms with Crippen LogP contribution in [0.1, 0.15) is 50.3 Å². The number of nitrogens with zero attached hydrogens (tertiary/aromatic N) is 2. The molecule has 1 aliphatic rings. The number of anilines is 1. The van der Waals surface area contributed by atoms with Crippen LogP contribution >= 0.6 is 11.6 Å². The van der Waals surface area contributed by atoms with Crippen LogP contribution in [0, 0.1) is 5.92 Å². The molecule has 1 heterocycles. The van der Waals surface area contributed by atoms with Crippen molar-refractivity contribution in [1.82, 2.24) is 9.97 Å². The summed E-state index contributed by atoms with van der Waals surface area (Å²) in [7, 11) is 0. The quantitative estimate of drug-likeness (QED) is 0.772. The van der Waals surface area contributed by atoms with Gasteiger partial charge in [-0.1, -0.05) is 13.3 Å². The molecule has 0 radical (unpaired) electrons. The van der Waals surface area contributed by atoms with Gasteiger partial charge in [-0.15, -0.1) is 11.6 Å². The van der Waals surface area contributed by atoms with Crippen LogP contribution in [-0.4, -0.2) is 22.4 Å². The minimum absolute atomic E-state index is 0.650. The van der Waals surface area contributed by atoms with E-state index in [1.807, 2.05) is 0 Å². The smallest absolute Gasteiger partial charge is 0.132 e. The molecular weight excluding hydrogens is 258 g/mol. The number of alkyl halides is 1. The van der Waals surface area contributed by atoms with E-state index in [1.54, 1.807) is 6.33 Å². The summed E-state index contributed by atoms with van der Waals surface area (Å²) in [6, 6.07) is 0. The van der Waals surface area contributed by atoms with Crippen LogP contribution in [0.5, 0.6) is 0 Å². The van der Waals surface area contributed by atoms with Gasteiger partial charge in [0.1, 0.15) is 12.1 Å². The van der Waals surface area contributed by atoms with Gasteiger partial charge in [0.2, 0.25) is 0 Å². The highest BCUT2D eigenvalue weighted by Gasteiger charge is 2.16. The van der Waals surface area contributed by atoms with E-state index in [4.69, 9.17) is 11.6 Å². The Morgan fingerprint density at radius 3 is 2.89 bits per heavy atom. The Bertz CT molecular complexity index is 389. The second-order valence-electron chi connectivity index (χ2n) is 5.37. The molecule has 0 fully saturated rings. The minimum Gasteiger partial charge on any atom is -0.369 e. The van der Waals surface area contributed by atoms with Gasteiger partial charge in [-0.25, -0.2) is 9.97 Å². The summed E-state index contributed by atoms with van der Waals surface area (Å²) in [5.74, 6) is 2.45. The lowest BCUT2D eigenvalue weighted by Gasteiger charge is -2.20. The highest BCUT2D eigenvalue weighted by Crippen LogP contribution is 2.25. The van der Waals surface area contributed by atoms with Crippen molar-refractivity contribution in [2.24, 2.45) is 5.92 Å². The van der Waals surface area contributed by atoms with E-state index in [2.05, 4.69) is 22.2 Å². The predicted molar refractivity (Wildman–Crippen MR) is 80.9 cm³/mol. The molecule has 19 heavy (non-hydrogen) atoms. The van der Waals surface area contributed by atoms with Crippen LogP contribution in [0.15, 0.2) is 6.33 Å². The number of aromatic nitrogens is 2. The maximum Gasteiger partial charge on any atom is 0.132 e. The van der Waals surface area contributed by atoms with Crippen LogP contribution in [0.4, 0.5) is 5.82 Å². The first kappa shape index (κ1) is 14.6. The van der Waals surface area contributed by atoms with E-state index in [0.29, 0.717) is 5.92 Å². The Balaban J connectivity index is 1.98. The third-order valence-electron chi connectivity index (χ3n) is 3.90. The SMILES string of the molecule is CCCC(CCCl)CNc1ncnc2c1CCCC2. The van der Waals surface area contributed by atoms with Gasteiger partial charge in [-0.2, -0.15) is 0 Å². The van der Waals surface area contributed by atoms with E-state index >= 15 is 0 Å². The molecule has 1 atom stereocenters. The largest absolute Gasteiger partial charge is 0.369 e. The molecule has 4 heteroatoms. The van der Waals surface area contributed by atoms with E-state index in [0.717, 1.165) is 37.5 Å². The first-order valence-corrected chi connectivity index (χ1v) is 8.01. The number of rotatable bonds is 7. The fraction of sp³-hybridized carbons (Fsp3) is 0.733. The molecule has 1 aliphatic carbocycles. The summed E-state index contributed by atoms with van der Waals surface area (Å²) in [6.07, 6.45) is 9.96. The molecule has 1 unspecified atom stereocenters. The van der Waals surface area contributed by atoms with Crippen molar-refractivity contribution in [3.05, 3.63) is 17.6 Å². The van der Waals surface area contributed by atoms with Crippen molar-refractivity contribution in [2.75, 3.05) is 17.7 Å². The van der Waals surface area contributed by atoms with Gasteiger partial charge in [0, 0.05) is 23.7 Å². The molecule has 3 nitrogen and oxygen atoms in total. The average Bonchev–Trinajstić information content (AvgIpc) is 2.45. The maximum atomic E-state index is 5.88. The number of hydrogen-bond donors (Lipinski definition) is 1. The number of hydrogen-bond acceptors (Lipinski definition) is 3. The van der Waals surface area contributed by atoms with Crippen molar-refractivity contribution in [3.63, 3.8) is 0 Å². The number of aryl methyl sites for hydroxylation is 1. The number of nitrogens with one attached hydrogen (secondary N) is 1. The fourth-order valence-corrected chi connectivity index (χ4v) is 3.13. The summed E-state index contributed by atoms with van der Waals surface area (Å²) in [5, 5.41) is 3.53. The second kappa shape index (κ2) is 7.68. The van der Waals surface area contributed by atoms with Crippen molar-refractivity contribution >= 4 is 17.4 Å². The zero-order chi connectivity index (χ0) is 13.5. The standard InChI is InChI=1S/C15H24ClN3/c1-2-5-12(8-9-16)10-17-15-13-6-3-4-7-14(13)18-11-19-15/h11-12H,2-10H2,1H3,(H,17,18,19). The molecular formula is C15H24ClN3. The van der Waals surface area contributed by atoms with Gasteiger partial charge in [0.25, 0.3) is 0 Å². The van der Waals surface area contributed by atoms with Gasteiger partial charge in [-0.05, 0) is 44.4 Å². The van der Waals surface area contributed by atoms with Crippen molar-refractivity contribution in [3.8, 4) is 0 Å². The Kier molecular flexibility index (Phi) is 5.90. The first-order chi connectivity index (χ1) is 9.35. The Morgan fingerprint density at radius 2 is 2.11 bits per heavy atom. The molecule has 1 aromatic rings. The Morgan fingerprint density at radius 1 is 1.26 bits per heavy atom. The number of fused-ring (bicyclic) bond motifs is 1. The lowest BCUT2D eigenvalue weighted by molar-refractivity contribution is 0.489. The molecule has 0 spiro atoms. The van der Waals surface area contributed by atoms with Gasteiger partial charge in [-0.3, -0.25) is 0 Å². The van der Waals surface area contributed by atoms with Gasteiger partial charge in [0.15, 0.2) is 0 Å². The van der Waals surface area contributed by atoms with Gasteiger partial charge < -0.3 is 5.32 Å². The lowest BCUT2D eigenvalue weighted by Crippen LogP contribution is -2.18. The topological polar surface area (TPSA) is 37.8 Å². The van der Waals surface area contributed by atoms with Crippen molar-refractivity contribution in [1.29, 1.82) is 0 Å². The summed E-state index contributed by atoms with van der Waals surface area (Å²) < 4.78 is 0. The third kappa shape index (κ3) is 4.07. The van der Waals surface area contributed by atoms with Gasteiger partial charge in [0.05, 0.1) is 0 Å². The molecule has 0 saturated carbocycles. The highest BCUT2D eigenvalue weighted by atomic mass is 35.5. The minimum atomic E-state index is 0.650. The van der Waals surface area contributed by atoms with Crippen molar-refractivity contribution < 1.29 is 0 Å².